The average Bonchev–Trinajstić information content (AvgIpc) is 3.40. The second-order valence-electron chi connectivity index (χ2n) is 7.01. The number of hydrogen-bond donors (Lipinski definition) is 2. The third-order valence-corrected chi connectivity index (χ3v) is 6.97. The first kappa shape index (κ1) is 21.0. The molecular weight excluding hydrogens is 472 g/mol. The van der Waals surface area contributed by atoms with Gasteiger partial charge in [-0.05, 0) is 59.1 Å². The Balaban J connectivity index is 1.45. The minimum Gasteiger partial charge on any atom is -0.377 e. The zero-order valence-electron chi connectivity index (χ0n) is 16.0. The van der Waals surface area contributed by atoms with E-state index in [-0.39, 0.29) is 29.7 Å². The number of amides is 1. The number of hydrogen-bond acceptors (Lipinski definition) is 5. The van der Waals surface area contributed by atoms with Crippen LogP contribution in [0, 0.1) is 0 Å². The molecule has 0 radical (unpaired) electrons. The van der Waals surface area contributed by atoms with Crippen molar-refractivity contribution in [3.8, 4) is 0 Å². The van der Waals surface area contributed by atoms with Crippen LogP contribution in [0.15, 0.2) is 58.2 Å². The molecule has 158 valence electrons. The number of sulfonamides is 1. The van der Waals surface area contributed by atoms with Crippen molar-refractivity contribution in [3.05, 3.63) is 64.5 Å². The number of nitrogens with one attached hydrogen (secondary N) is 2. The second-order valence-corrected chi connectivity index (χ2v) is 9.63. The summed E-state index contributed by atoms with van der Waals surface area (Å²) in [6.07, 6.45) is 5.37. The van der Waals surface area contributed by atoms with Gasteiger partial charge in [-0.3, -0.25) is 4.79 Å². The maximum Gasteiger partial charge on any atom is 0.252 e. The molecule has 4 rings (SSSR count). The number of halogens is 1. The normalized spacial score (nSPS) is 16.8. The van der Waals surface area contributed by atoms with Crippen LogP contribution in [-0.4, -0.2) is 43.0 Å². The van der Waals surface area contributed by atoms with Crippen LogP contribution >= 0.6 is 15.9 Å². The molecule has 1 unspecified atom stereocenters. The van der Waals surface area contributed by atoms with Gasteiger partial charge in [0.05, 0.1) is 28.8 Å². The summed E-state index contributed by atoms with van der Waals surface area (Å²) < 4.78 is 35.6. The van der Waals surface area contributed by atoms with Gasteiger partial charge in [-0.2, -0.15) is 0 Å². The molecule has 1 amide bonds. The van der Waals surface area contributed by atoms with Crippen LogP contribution in [-0.2, 0) is 21.3 Å². The monoisotopic (exact) mass is 492 g/mol. The largest absolute Gasteiger partial charge is 0.377 e. The van der Waals surface area contributed by atoms with Gasteiger partial charge >= 0.3 is 0 Å². The van der Waals surface area contributed by atoms with Crippen molar-refractivity contribution in [2.75, 3.05) is 13.2 Å². The minimum atomic E-state index is -3.75. The highest BCUT2D eigenvalue weighted by Crippen LogP contribution is 2.22. The molecule has 1 aliphatic rings. The van der Waals surface area contributed by atoms with Gasteiger partial charge in [-0.25, -0.2) is 18.1 Å². The molecule has 30 heavy (non-hydrogen) atoms. The van der Waals surface area contributed by atoms with Gasteiger partial charge in [0, 0.05) is 30.0 Å². The molecule has 1 saturated heterocycles. The van der Waals surface area contributed by atoms with E-state index >= 15 is 0 Å². The molecule has 1 fully saturated rings. The fraction of sp³-hybridized carbons (Fsp3) is 0.300. The molecule has 3 heterocycles. The molecule has 3 aromatic rings. The highest BCUT2D eigenvalue weighted by atomic mass is 79.9. The summed E-state index contributed by atoms with van der Waals surface area (Å²) in [6.45, 7) is 1.09. The molecule has 0 saturated carbocycles. The van der Waals surface area contributed by atoms with Gasteiger partial charge in [0.2, 0.25) is 10.0 Å². The number of imidazole rings is 1. The van der Waals surface area contributed by atoms with E-state index in [2.05, 4.69) is 31.0 Å². The Hall–Kier alpha value is -2.27. The quantitative estimate of drug-likeness (QED) is 0.527. The molecule has 2 aromatic heterocycles. The summed E-state index contributed by atoms with van der Waals surface area (Å²) >= 11 is 3.33. The van der Waals surface area contributed by atoms with Crippen LogP contribution in [0.1, 0.15) is 28.9 Å². The van der Waals surface area contributed by atoms with Crippen LogP contribution in [0.5, 0.6) is 0 Å². The Kier molecular flexibility index (Phi) is 6.19. The van der Waals surface area contributed by atoms with E-state index in [1.165, 1.54) is 12.1 Å². The first-order chi connectivity index (χ1) is 14.4. The maximum atomic E-state index is 12.7. The highest BCUT2D eigenvalue weighted by Gasteiger charge is 2.22. The second kappa shape index (κ2) is 8.84. The lowest BCUT2D eigenvalue weighted by Gasteiger charge is -2.13. The number of fused-ring (bicyclic) bond motifs is 1. The lowest BCUT2D eigenvalue weighted by atomic mass is 10.2. The number of rotatable bonds is 7. The van der Waals surface area contributed by atoms with E-state index in [9.17, 15) is 13.2 Å². The minimum absolute atomic E-state index is 0.0292. The third kappa shape index (κ3) is 4.72. The Labute approximate surface area is 182 Å². The molecule has 1 atom stereocenters. The molecule has 2 N–H and O–H groups in total. The van der Waals surface area contributed by atoms with Crippen molar-refractivity contribution in [1.29, 1.82) is 0 Å². The van der Waals surface area contributed by atoms with Gasteiger partial charge in [-0.1, -0.05) is 6.07 Å². The zero-order chi connectivity index (χ0) is 21.1. The fourth-order valence-electron chi connectivity index (χ4n) is 3.28. The Morgan fingerprint density at radius 2 is 2.17 bits per heavy atom. The number of pyridine rings is 1. The fourth-order valence-corrected chi connectivity index (χ4v) is 4.79. The summed E-state index contributed by atoms with van der Waals surface area (Å²) in [4.78, 5) is 17.2. The number of benzene rings is 1. The van der Waals surface area contributed by atoms with Crippen molar-refractivity contribution in [2.45, 2.75) is 30.4 Å². The van der Waals surface area contributed by atoms with E-state index in [0.29, 0.717) is 16.8 Å². The van der Waals surface area contributed by atoms with Crippen molar-refractivity contribution in [3.63, 3.8) is 0 Å². The number of ether oxygens (including phenoxy) is 1. The van der Waals surface area contributed by atoms with Crippen molar-refractivity contribution < 1.29 is 17.9 Å². The number of carbonyl (C=O) groups excluding carboxylic acids is 1. The standard InChI is InChI=1S/C20H21BrN4O4S/c21-18-7-6-16(30(27,28)23-12-15-4-3-9-29-15)10-17(18)20(26)22-11-14-13-25-8-2-1-5-19(25)24-14/h1-2,5-8,10,13,15,23H,3-4,9,11-12H2,(H,22,26). The Morgan fingerprint density at radius 3 is 2.93 bits per heavy atom. The topological polar surface area (TPSA) is 102 Å². The molecular formula is C20H21BrN4O4S. The van der Waals surface area contributed by atoms with Crippen LogP contribution in [0.4, 0.5) is 0 Å². The molecule has 8 nitrogen and oxygen atoms in total. The van der Waals surface area contributed by atoms with E-state index in [4.69, 9.17) is 4.74 Å². The van der Waals surface area contributed by atoms with E-state index in [0.717, 1.165) is 18.5 Å². The van der Waals surface area contributed by atoms with E-state index in [1.54, 1.807) is 6.07 Å². The number of nitrogens with zero attached hydrogens (tertiary/aromatic N) is 2. The van der Waals surface area contributed by atoms with Crippen molar-refractivity contribution in [1.82, 2.24) is 19.4 Å². The smallest absolute Gasteiger partial charge is 0.252 e. The molecule has 1 aliphatic heterocycles. The van der Waals surface area contributed by atoms with Gasteiger partial charge in [0.25, 0.3) is 5.91 Å². The van der Waals surface area contributed by atoms with Gasteiger partial charge in [0.15, 0.2) is 0 Å². The van der Waals surface area contributed by atoms with Crippen LogP contribution in [0.3, 0.4) is 0 Å². The highest BCUT2D eigenvalue weighted by molar-refractivity contribution is 9.10. The van der Waals surface area contributed by atoms with E-state index < -0.39 is 15.9 Å². The first-order valence-electron chi connectivity index (χ1n) is 9.54. The molecule has 0 bridgehead atoms. The van der Waals surface area contributed by atoms with Crippen LogP contribution < -0.4 is 10.0 Å². The van der Waals surface area contributed by atoms with Gasteiger partial charge in [-0.15, -0.1) is 0 Å². The van der Waals surface area contributed by atoms with Crippen molar-refractivity contribution >= 4 is 37.5 Å². The van der Waals surface area contributed by atoms with Crippen molar-refractivity contribution in [2.24, 2.45) is 0 Å². The average molecular weight is 493 g/mol. The van der Waals surface area contributed by atoms with Gasteiger partial charge < -0.3 is 14.5 Å². The predicted octanol–water partition coefficient (Wildman–Crippen LogP) is 2.48. The molecule has 0 spiro atoms. The Bertz CT molecular complexity index is 1140. The molecule has 0 aliphatic carbocycles. The zero-order valence-corrected chi connectivity index (χ0v) is 18.4. The predicted molar refractivity (Wildman–Crippen MR) is 115 cm³/mol. The maximum absolute atomic E-state index is 12.7. The summed E-state index contributed by atoms with van der Waals surface area (Å²) in [6, 6.07) is 10.0. The third-order valence-electron chi connectivity index (χ3n) is 4.86. The molecule has 10 heteroatoms. The Morgan fingerprint density at radius 1 is 1.30 bits per heavy atom. The summed E-state index contributed by atoms with van der Waals surface area (Å²) in [5.74, 6) is -0.393. The van der Waals surface area contributed by atoms with Gasteiger partial charge in [0.1, 0.15) is 5.65 Å². The van der Waals surface area contributed by atoms with Crippen LogP contribution in [0.2, 0.25) is 0 Å². The van der Waals surface area contributed by atoms with Crippen LogP contribution in [0.25, 0.3) is 5.65 Å². The summed E-state index contributed by atoms with van der Waals surface area (Å²) in [7, 11) is -3.75. The molecule has 1 aromatic carbocycles. The lowest BCUT2D eigenvalue weighted by molar-refractivity contribution is 0.0949. The van der Waals surface area contributed by atoms with E-state index in [1.807, 2.05) is 35.0 Å². The number of carbonyl (C=O) groups is 1. The number of aromatic nitrogens is 2. The summed E-state index contributed by atoms with van der Waals surface area (Å²) in [5, 5.41) is 2.79. The lowest BCUT2D eigenvalue weighted by Crippen LogP contribution is -2.32. The first-order valence-corrected chi connectivity index (χ1v) is 11.8. The summed E-state index contributed by atoms with van der Waals surface area (Å²) in [5.41, 5.74) is 1.72. The SMILES string of the molecule is O=C(NCc1cn2ccccc2n1)c1cc(S(=O)(=O)NCC2CCCO2)ccc1Br.